The lowest BCUT2D eigenvalue weighted by atomic mass is 10.0. The number of Topliss-reactive ketones (excluding diaryl/α,β-unsaturated/α-hetero) is 1. The van der Waals surface area contributed by atoms with Crippen LogP contribution < -0.4 is 10.4 Å². The third-order valence-electron chi connectivity index (χ3n) is 2.13. The zero-order valence-electron chi connectivity index (χ0n) is 8.73. The average molecular weight is 275 g/mol. The molecule has 1 N–H and O–H groups in total. The molecule has 0 aliphatic heterocycles. The van der Waals surface area contributed by atoms with Gasteiger partial charge in [0.1, 0.15) is 6.09 Å². The van der Waals surface area contributed by atoms with Crippen LogP contribution >= 0.6 is 23.2 Å². The fourth-order valence-electron chi connectivity index (χ4n) is 1.37. The SMILES string of the molecule is O=C([O-])N[C@H](Cc1ccccc1)C(=O)C(Cl)Cl. The largest absolute Gasteiger partial charge is 0.530 e. The van der Waals surface area contributed by atoms with Gasteiger partial charge in [0.05, 0.1) is 6.04 Å². The summed E-state index contributed by atoms with van der Waals surface area (Å²) >= 11 is 10.9. The minimum Gasteiger partial charge on any atom is -0.530 e. The molecule has 1 aromatic carbocycles. The first-order valence-electron chi connectivity index (χ1n) is 4.84. The molecule has 0 fully saturated rings. The highest BCUT2D eigenvalue weighted by atomic mass is 35.5. The van der Waals surface area contributed by atoms with Crippen LogP contribution in [0.2, 0.25) is 0 Å². The van der Waals surface area contributed by atoms with Gasteiger partial charge in [-0.25, -0.2) is 0 Å². The first-order chi connectivity index (χ1) is 8.00. The first kappa shape index (κ1) is 13.8. The lowest BCUT2D eigenvalue weighted by molar-refractivity contribution is -0.251. The number of hydrogen-bond donors (Lipinski definition) is 1. The molecule has 1 amide bonds. The highest BCUT2D eigenvalue weighted by Crippen LogP contribution is 2.10. The minimum absolute atomic E-state index is 0.184. The highest BCUT2D eigenvalue weighted by molar-refractivity contribution is 6.54. The predicted octanol–water partition coefficient (Wildman–Crippen LogP) is 0.903. The molecular formula is C11H10Cl2NO3-. The van der Waals surface area contributed by atoms with E-state index >= 15 is 0 Å². The summed E-state index contributed by atoms with van der Waals surface area (Å²) in [7, 11) is 0. The van der Waals surface area contributed by atoms with Crippen LogP contribution in [0.4, 0.5) is 4.79 Å². The van der Waals surface area contributed by atoms with Gasteiger partial charge in [-0.1, -0.05) is 53.5 Å². The Labute approximate surface area is 109 Å². The van der Waals surface area contributed by atoms with Gasteiger partial charge in [0, 0.05) is 0 Å². The summed E-state index contributed by atoms with van der Waals surface area (Å²) < 4.78 is 0. The molecule has 0 radical (unpaired) electrons. The summed E-state index contributed by atoms with van der Waals surface area (Å²) in [6.07, 6.45) is -1.35. The number of rotatable bonds is 5. The topological polar surface area (TPSA) is 69.2 Å². The van der Waals surface area contributed by atoms with Crippen molar-refractivity contribution in [2.75, 3.05) is 0 Å². The van der Waals surface area contributed by atoms with Crippen molar-refractivity contribution in [3.05, 3.63) is 35.9 Å². The summed E-state index contributed by atoms with van der Waals surface area (Å²) in [5.41, 5.74) is 0.800. The lowest BCUT2D eigenvalue weighted by Gasteiger charge is -2.19. The molecule has 0 spiro atoms. The van der Waals surface area contributed by atoms with Gasteiger partial charge >= 0.3 is 0 Å². The van der Waals surface area contributed by atoms with Crippen LogP contribution in [0.5, 0.6) is 0 Å². The fraction of sp³-hybridized carbons (Fsp3) is 0.273. The number of carbonyl (C=O) groups excluding carboxylic acids is 2. The monoisotopic (exact) mass is 274 g/mol. The summed E-state index contributed by atoms with van der Waals surface area (Å²) in [4.78, 5) is 20.8. The molecule has 0 bridgehead atoms. The van der Waals surface area contributed by atoms with Crippen LogP contribution in [0.15, 0.2) is 30.3 Å². The molecule has 92 valence electrons. The van der Waals surface area contributed by atoms with Crippen molar-refractivity contribution in [1.29, 1.82) is 0 Å². The van der Waals surface area contributed by atoms with E-state index in [0.717, 1.165) is 5.56 Å². The number of alkyl halides is 2. The van der Waals surface area contributed by atoms with E-state index < -0.39 is 22.8 Å². The Morgan fingerprint density at radius 1 is 1.24 bits per heavy atom. The van der Waals surface area contributed by atoms with Gasteiger partial charge < -0.3 is 15.2 Å². The highest BCUT2D eigenvalue weighted by Gasteiger charge is 2.23. The Morgan fingerprint density at radius 2 is 1.82 bits per heavy atom. The van der Waals surface area contributed by atoms with E-state index in [1.807, 2.05) is 11.4 Å². The smallest absolute Gasteiger partial charge is 0.188 e. The number of benzene rings is 1. The second-order valence-corrected chi connectivity index (χ2v) is 4.47. The Kier molecular flexibility index (Phi) is 5.25. The second-order valence-electron chi connectivity index (χ2n) is 3.38. The van der Waals surface area contributed by atoms with Gasteiger partial charge in [-0.05, 0) is 12.0 Å². The molecular weight excluding hydrogens is 265 g/mol. The van der Waals surface area contributed by atoms with Crippen molar-refractivity contribution in [3.63, 3.8) is 0 Å². The van der Waals surface area contributed by atoms with Crippen LogP contribution in [0.25, 0.3) is 0 Å². The van der Waals surface area contributed by atoms with Crippen LogP contribution in [-0.2, 0) is 11.2 Å². The van der Waals surface area contributed by atoms with Gasteiger partial charge in [-0.15, -0.1) is 0 Å². The molecule has 0 heterocycles. The molecule has 0 saturated carbocycles. The fourth-order valence-corrected chi connectivity index (χ4v) is 1.67. The molecule has 0 aromatic heterocycles. The Balaban J connectivity index is 2.77. The van der Waals surface area contributed by atoms with Crippen molar-refractivity contribution < 1.29 is 14.7 Å². The number of nitrogens with one attached hydrogen (secondary N) is 1. The van der Waals surface area contributed by atoms with E-state index in [1.54, 1.807) is 24.3 Å². The van der Waals surface area contributed by atoms with Gasteiger partial charge in [0.15, 0.2) is 10.6 Å². The molecule has 4 nitrogen and oxygen atoms in total. The van der Waals surface area contributed by atoms with Gasteiger partial charge in [0.25, 0.3) is 0 Å². The first-order valence-corrected chi connectivity index (χ1v) is 5.71. The van der Waals surface area contributed by atoms with Gasteiger partial charge in [0.2, 0.25) is 0 Å². The summed E-state index contributed by atoms with van der Waals surface area (Å²) in [6.45, 7) is 0. The van der Waals surface area contributed by atoms with E-state index in [1.165, 1.54) is 0 Å². The Hall–Kier alpha value is -1.26. The van der Waals surface area contributed by atoms with Crippen molar-refractivity contribution in [2.24, 2.45) is 0 Å². The number of carbonyl (C=O) groups is 2. The molecule has 6 heteroatoms. The third kappa shape index (κ3) is 4.63. The van der Waals surface area contributed by atoms with Crippen LogP contribution in [-0.4, -0.2) is 22.8 Å². The standard InChI is InChI=1S/C11H11Cl2NO3/c12-10(13)9(15)8(14-11(16)17)6-7-4-2-1-3-5-7/h1-5,8,10,14H,6H2,(H,16,17)/p-1/t8-/m1/s1. The number of ketones is 1. The molecule has 0 saturated heterocycles. The van der Waals surface area contributed by atoms with Crippen molar-refractivity contribution in [2.45, 2.75) is 17.3 Å². The molecule has 0 aliphatic rings. The zero-order valence-corrected chi connectivity index (χ0v) is 10.2. The van der Waals surface area contributed by atoms with Gasteiger partial charge in [-0.3, -0.25) is 4.79 Å². The lowest BCUT2D eigenvalue weighted by Crippen LogP contribution is -2.49. The van der Waals surface area contributed by atoms with E-state index in [0.29, 0.717) is 0 Å². The number of halogens is 2. The van der Waals surface area contributed by atoms with Crippen molar-refractivity contribution >= 4 is 35.1 Å². The van der Waals surface area contributed by atoms with Crippen LogP contribution in [0.3, 0.4) is 0 Å². The van der Waals surface area contributed by atoms with Crippen LogP contribution in [0.1, 0.15) is 5.56 Å². The average Bonchev–Trinajstić information content (AvgIpc) is 2.28. The maximum absolute atomic E-state index is 11.6. The molecule has 0 aliphatic carbocycles. The Morgan fingerprint density at radius 3 is 2.29 bits per heavy atom. The normalized spacial score (nSPS) is 12.2. The third-order valence-corrected chi connectivity index (χ3v) is 2.56. The quantitative estimate of drug-likeness (QED) is 0.812. The van der Waals surface area contributed by atoms with E-state index in [9.17, 15) is 14.7 Å². The summed E-state index contributed by atoms with van der Waals surface area (Å²) in [5.74, 6) is -0.596. The van der Waals surface area contributed by atoms with E-state index in [2.05, 4.69) is 0 Å². The number of hydrogen-bond acceptors (Lipinski definition) is 3. The predicted molar refractivity (Wildman–Crippen MR) is 63.0 cm³/mol. The number of carboxylic acid groups (broad SMARTS) is 1. The molecule has 17 heavy (non-hydrogen) atoms. The van der Waals surface area contributed by atoms with E-state index in [4.69, 9.17) is 23.2 Å². The molecule has 1 aromatic rings. The van der Waals surface area contributed by atoms with Crippen LogP contribution in [0, 0.1) is 0 Å². The zero-order chi connectivity index (χ0) is 12.8. The summed E-state index contributed by atoms with van der Waals surface area (Å²) in [6, 6.07) is 7.94. The maximum atomic E-state index is 11.6. The summed E-state index contributed by atoms with van der Waals surface area (Å²) in [5, 5.41) is 12.5. The minimum atomic E-state index is -1.53. The maximum Gasteiger partial charge on any atom is 0.188 e. The van der Waals surface area contributed by atoms with E-state index in [-0.39, 0.29) is 6.42 Å². The Bertz CT molecular complexity index is 395. The number of amides is 1. The van der Waals surface area contributed by atoms with Crippen molar-refractivity contribution in [3.8, 4) is 0 Å². The van der Waals surface area contributed by atoms with Crippen molar-refractivity contribution in [1.82, 2.24) is 5.32 Å². The second kappa shape index (κ2) is 6.47. The molecule has 1 atom stereocenters. The molecule has 1 rings (SSSR count). The van der Waals surface area contributed by atoms with Gasteiger partial charge in [-0.2, -0.15) is 0 Å². The molecule has 0 unspecified atom stereocenters.